The van der Waals surface area contributed by atoms with Crippen molar-refractivity contribution in [1.82, 2.24) is 15.2 Å². The summed E-state index contributed by atoms with van der Waals surface area (Å²) in [5.74, 6) is -0.455. The number of nitrogens with zero attached hydrogens (tertiary/aromatic N) is 3. The number of rotatable bonds is 8. The zero-order valence-electron chi connectivity index (χ0n) is 20.7. The molecule has 0 spiro atoms. The average Bonchev–Trinajstić information content (AvgIpc) is 3.38. The largest absolute Gasteiger partial charge is 0.280 e. The highest BCUT2D eigenvalue weighted by Gasteiger charge is 2.15. The monoisotopic (exact) mass is 633 g/mol. The van der Waals surface area contributed by atoms with Crippen molar-refractivity contribution in [1.29, 1.82) is 0 Å². The normalized spacial score (nSPS) is 11.4. The number of benzene rings is 4. The molecule has 0 saturated carbocycles. The molecule has 0 radical (unpaired) electrons. The molecule has 1 aromatic heterocycles. The van der Waals surface area contributed by atoms with Crippen LogP contribution in [0.4, 0.5) is 5.69 Å². The fourth-order valence-electron chi connectivity index (χ4n) is 3.77. The minimum atomic E-state index is -3.80. The van der Waals surface area contributed by atoms with Gasteiger partial charge in [-0.1, -0.05) is 57.9 Å². The van der Waals surface area contributed by atoms with Crippen LogP contribution in [-0.2, 0) is 10.0 Å². The molecule has 1 amide bonds. The smallest absolute Gasteiger partial charge is 0.271 e. The van der Waals surface area contributed by atoms with Crippen molar-refractivity contribution >= 4 is 55.4 Å². The average molecular weight is 635 g/mol. The van der Waals surface area contributed by atoms with E-state index in [0.29, 0.717) is 27.5 Å². The Kier molecular flexibility index (Phi) is 8.11. The lowest BCUT2D eigenvalue weighted by Gasteiger charge is -2.08. The third kappa shape index (κ3) is 6.48. The van der Waals surface area contributed by atoms with Crippen molar-refractivity contribution in [3.63, 3.8) is 0 Å². The van der Waals surface area contributed by atoms with Gasteiger partial charge in [0.25, 0.3) is 15.9 Å². The predicted octanol–water partition coefficient (Wildman–Crippen LogP) is 6.52. The van der Waals surface area contributed by atoms with Gasteiger partial charge in [0.1, 0.15) is 5.69 Å². The van der Waals surface area contributed by atoms with Gasteiger partial charge in [0.15, 0.2) is 0 Å². The number of aromatic nitrogens is 2. The van der Waals surface area contributed by atoms with Gasteiger partial charge in [0.05, 0.1) is 16.8 Å². The van der Waals surface area contributed by atoms with E-state index in [-0.39, 0.29) is 4.90 Å². The Bertz CT molecular complexity index is 1770. The van der Waals surface area contributed by atoms with E-state index in [0.717, 1.165) is 15.7 Å². The third-order valence-electron chi connectivity index (χ3n) is 5.77. The van der Waals surface area contributed by atoms with Crippen molar-refractivity contribution in [2.75, 3.05) is 4.72 Å². The van der Waals surface area contributed by atoms with Gasteiger partial charge in [0, 0.05) is 38.1 Å². The summed E-state index contributed by atoms with van der Waals surface area (Å²) in [6, 6.07) is 29.3. The van der Waals surface area contributed by atoms with Gasteiger partial charge in [0.2, 0.25) is 0 Å². The van der Waals surface area contributed by atoms with Gasteiger partial charge in [-0.3, -0.25) is 9.52 Å². The standard InChI is InChI=1S/C29H21BrClN5O3S/c30-23-10-6-20(7-11-23)28-22(19-36(34-28)26-4-2-1-3-5-26)18-32-33-29(37)21-8-14-25(15-9-21)35-40(38,39)27-16-12-24(31)13-17-27/h1-19,35H,(H,33,37)/b32-18+. The summed E-state index contributed by atoms with van der Waals surface area (Å²) >= 11 is 9.29. The van der Waals surface area contributed by atoms with Crippen molar-refractivity contribution in [2.45, 2.75) is 4.90 Å². The number of nitrogens with one attached hydrogen (secondary N) is 2. The minimum Gasteiger partial charge on any atom is -0.280 e. The Hall–Kier alpha value is -4.25. The van der Waals surface area contributed by atoms with Crippen molar-refractivity contribution in [2.24, 2.45) is 5.10 Å². The number of carbonyl (C=O) groups excluding carboxylic acids is 1. The molecular formula is C29H21BrClN5O3S. The Morgan fingerprint density at radius 2 is 1.57 bits per heavy atom. The van der Waals surface area contributed by atoms with Crippen LogP contribution in [0.1, 0.15) is 15.9 Å². The number of amides is 1. The summed E-state index contributed by atoms with van der Waals surface area (Å²) in [4.78, 5) is 12.8. The van der Waals surface area contributed by atoms with Crippen molar-refractivity contribution in [3.05, 3.63) is 130 Å². The molecule has 200 valence electrons. The number of halogens is 2. The van der Waals surface area contributed by atoms with Gasteiger partial charge < -0.3 is 0 Å². The van der Waals surface area contributed by atoms with Crippen molar-refractivity contribution in [3.8, 4) is 16.9 Å². The first-order valence-corrected chi connectivity index (χ1v) is 14.6. The second-order valence-electron chi connectivity index (χ2n) is 8.56. The van der Waals surface area contributed by atoms with Crippen LogP contribution < -0.4 is 10.1 Å². The molecule has 40 heavy (non-hydrogen) atoms. The maximum atomic E-state index is 12.7. The van der Waals surface area contributed by atoms with E-state index >= 15 is 0 Å². The lowest BCUT2D eigenvalue weighted by atomic mass is 10.1. The fraction of sp³-hybridized carbons (Fsp3) is 0. The molecule has 0 aliphatic rings. The maximum absolute atomic E-state index is 12.7. The van der Waals surface area contributed by atoms with Crippen LogP contribution >= 0.6 is 27.5 Å². The lowest BCUT2D eigenvalue weighted by Crippen LogP contribution is -2.18. The Balaban J connectivity index is 1.30. The molecule has 0 fully saturated rings. The SMILES string of the molecule is O=C(N/N=C/c1cn(-c2ccccc2)nc1-c1ccc(Br)cc1)c1ccc(NS(=O)(=O)c2ccc(Cl)cc2)cc1. The summed E-state index contributed by atoms with van der Waals surface area (Å²) < 4.78 is 30.4. The predicted molar refractivity (Wildman–Crippen MR) is 160 cm³/mol. The van der Waals surface area contributed by atoms with Crippen LogP contribution in [0.5, 0.6) is 0 Å². The molecule has 11 heteroatoms. The van der Waals surface area contributed by atoms with E-state index in [1.165, 1.54) is 54.7 Å². The van der Waals surface area contributed by atoms with Crippen molar-refractivity contribution < 1.29 is 13.2 Å². The van der Waals surface area contributed by atoms with Crippen LogP contribution in [0, 0.1) is 0 Å². The van der Waals surface area contributed by atoms with Crippen LogP contribution in [0.3, 0.4) is 0 Å². The molecule has 0 bridgehead atoms. The van der Waals surface area contributed by atoms with E-state index in [2.05, 4.69) is 31.2 Å². The molecule has 1 heterocycles. The van der Waals surface area contributed by atoms with Crippen LogP contribution in [0.2, 0.25) is 5.02 Å². The fourth-order valence-corrected chi connectivity index (χ4v) is 5.22. The van der Waals surface area contributed by atoms with E-state index < -0.39 is 15.9 Å². The Morgan fingerprint density at radius 1 is 0.900 bits per heavy atom. The first-order chi connectivity index (χ1) is 19.3. The van der Waals surface area contributed by atoms with Gasteiger partial charge >= 0.3 is 0 Å². The molecule has 0 aliphatic carbocycles. The maximum Gasteiger partial charge on any atom is 0.271 e. The highest BCUT2D eigenvalue weighted by atomic mass is 79.9. The van der Waals surface area contributed by atoms with Gasteiger partial charge in [-0.05, 0) is 72.8 Å². The molecule has 0 unspecified atom stereocenters. The van der Waals surface area contributed by atoms with Gasteiger partial charge in [-0.15, -0.1) is 0 Å². The molecular weight excluding hydrogens is 614 g/mol. The summed E-state index contributed by atoms with van der Waals surface area (Å²) in [5.41, 5.74) is 6.32. The highest BCUT2D eigenvalue weighted by Crippen LogP contribution is 2.25. The number of hydrazone groups is 1. The second-order valence-corrected chi connectivity index (χ2v) is 11.6. The molecule has 5 rings (SSSR count). The number of carbonyl (C=O) groups is 1. The summed E-state index contributed by atoms with van der Waals surface area (Å²) in [7, 11) is -3.80. The topological polar surface area (TPSA) is 105 Å². The van der Waals surface area contributed by atoms with Crippen LogP contribution in [0.25, 0.3) is 16.9 Å². The Morgan fingerprint density at radius 3 is 2.25 bits per heavy atom. The summed E-state index contributed by atoms with van der Waals surface area (Å²) in [6.45, 7) is 0. The molecule has 0 atom stereocenters. The van der Waals surface area contributed by atoms with Crippen LogP contribution in [0.15, 0.2) is 124 Å². The quantitative estimate of drug-likeness (QED) is 0.150. The third-order valence-corrected chi connectivity index (χ3v) is 7.95. The minimum absolute atomic E-state index is 0.0751. The van der Waals surface area contributed by atoms with E-state index in [4.69, 9.17) is 16.7 Å². The number of para-hydroxylation sites is 1. The summed E-state index contributed by atoms with van der Waals surface area (Å²) in [6.07, 6.45) is 3.38. The molecule has 0 saturated heterocycles. The number of hydrogen-bond acceptors (Lipinski definition) is 5. The van der Waals surface area contributed by atoms with Crippen LogP contribution in [-0.4, -0.2) is 30.3 Å². The first kappa shape index (κ1) is 27.3. The van der Waals surface area contributed by atoms with E-state index in [1.807, 2.05) is 60.8 Å². The highest BCUT2D eigenvalue weighted by molar-refractivity contribution is 9.10. The lowest BCUT2D eigenvalue weighted by molar-refractivity contribution is 0.0955. The molecule has 0 aliphatic heterocycles. The molecule has 5 aromatic rings. The van der Waals surface area contributed by atoms with E-state index in [1.54, 1.807) is 4.68 Å². The van der Waals surface area contributed by atoms with Gasteiger partial charge in [-0.25, -0.2) is 18.5 Å². The molecule has 8 nitrogen and oxygen atoms in total. The van der Waals surface area contributed by atoms with Gasteiger partial charge in [-0.2, -0.15) is 10.2 Å². The molecule has 4 aromatic carbocycles. The first-order valence-electron chi connectivity index (χ1n) is 11.9. The second kappa shape index (κ2) is 11.9. The Labute approximate surface area is 244 Å². The number of anilines is 1. The number of hydrogen-bond donors (Lipinski definition) is 2. The number of sulfonamides is 1. The zero-order valence-corrected chi connectivity index (χ0v) is 23.9. The van der Waals surface area contributed by atoms with E-state index in [9.17, 15) is 13.2 Å². The zero-order chi connectivity index (χ0) is 28.1. The summed E-state index contributed by atoms with van der Waals surface area (Å²) in [5, 5.41) is 9.32. The molecule has 2 N–H and O–H groups in total.